The molecule has 4 N–H and O–H groups in total. The number of rotatable bonds is 4. The second-order valence-electron chi connectivity index (χ2n) is 1.61. The fourth-order valence-corrected chi connectivity index (χ4v) is 0.919. The second kappa shape index (κ2) is 4.27. The summed E-state index contributed by atoms with van der Waals surface area (Å²) in [5.41, 5.74) is 0. The molecule has 11 heteroatoms. The van der Waals surface area contributed by atoms with Crippen molar-refractivity contribution in [3.05, 3.63) is 0 Å². The lowest BCUT2D eigenvalue weighted by Gasteiger charge is -1.91. The molecule has 0 bridgehead atoms. The molecule has 1 rings (SSSR count). The Bertz CT molecular complexity index is 307. The highest BCUT2D eigenvalue weighted by Gasteiger charge is 2.07. The molecule has 74 valence electrons. The van der Waals surface area contributed by atoms with Crippen molar-refractivity contribution in [1.29, 1.82) is 0 Å². The first-order valence-electron chi connectivity index (χ1n) is 2.66. The van der Waals surface area contributed by atoms with Gasteiger partial charge in [-0.1, -0.05) is 10.2 Å². The summed E-state index contributed by atoms with van der Waals surface area (Å²) in [5, 5.41) is 6.44. The van der Waals surface area contributed by atoms with Crippen molar-refractivity contribution in [2.24, 2.45) is 0 Å². The Morgan fingerprint density at radius 2 is 1.46 bits per heavy atom. The van der Waals surface area contributed by atoms with E-state index in [0.717, 1.165) is 0 Å². The van der Waals surface area contributed by atoms with Crippen LogP contribution in [-0.4, -0.2) is 27.7 Å². The molecule has 13 heavy (non-hydrogen) atoms. The zero-order chi connectivity index (χ0) is 9.84. The maximum atomic E-state index is 10.1. The summed E-state index contributed by atoms with van der Waals surface area (Å²) in [6.45, 7) is 0. The van der Waals surface area contributed by atoms with Crippen LogP contribution < -0.4 is 9.44 Å². The lowest BCUT2D eigenvalue weighted by Crippen LogP contribution is -2.02. The molecule has 0 aliphatic carbocycles. The average molecular weight is 228 g/mol. The maximum absolute atomic E-state index is 10.1. The van der Waals surface area contributed by atoms with Gasteiger partial charge in [0, 0.05) is 0 Å². The molecule has 0 amide bonds. The van der Waals surface area contributed by atoms with Gasteiger partial charge in [-0.05, 0) is 0 Å². The molecule has 0 saturated heterocycles. The third-order valence-corrected chi connectivity index (χ3v) is 1.47. The minimum absolute atomic E-state index is 0.339. The van der Waals surface area contributed by atoms with Crippen molar-refractivity contribution in [2.45, 2.75) is 0 Å². The smallest absolute Gasteiger partial charge is 0.330 e. The van der Waals surface area contributed by atoms with Crippen LogP contribution in [0.4, 0.5) is 12.0 Å². The average Bonchev–Trinajstić information content (AvgIpc) is 2.33. The van der Waals surface area contributed by atoms with E-state index in [-0.39, 0.29) is 12.0 Å². The zero-order valence-electron chi connectivity index (χ0n) is 5.83. The van der Waals surface area contributed by atoms with Crippen LogP contribution in [0.2, 0.25) is 0 Å². The highest BCUT2D eigenvalue weighted by Crippen LogP contribution is 2.09. The summed E-state index contributed by atoms with van der Waals surface area (Å²) in [7, 11) is 0. The summed E-state index contributed by atoms with van der Waals surface area (Å²) in [4.78, 5) is 0. The van der Waals surface area contributed by atoms with Crippen LogP contribution >= 0.6 is 0 Å². The standard InChI is InChI=1S/C2H4N4O5S2/c7-12(8)5-1-3-4-2(11-1)6-13(9)10/h(H,3,5)(H,4,6)(H,7,8)(H,9,10). The molecule has 0 saturated carbocycles. The summed E-state index contributed by atoms with van der Waals surface area (Å²) in [6, 6.07) is -0.678. The van der Waals surface area contributed by atoms with Crippen molar-refractivity contribution in [1.82, 2.24) is 10.2 Å². The largest absolute Gasteiger partial charge is 0.388 e. The molecule has 9 nitrogen and oxygen atoms in total. The van der Waals surface area contributed by atoms with Gasteiger partial charge in [0.05, 0.1) is 0 Å². The van der Waals surface area contributed by atoms with E-state index in [0.29, 0.717) is 0 Å². The van der Waals surface area contributed by atoms with Crippen LogP contribution in [-0.2, 0) is 22.5 Å². The molecule has 1 heterocycles. The molecule has 2 unspecified atom stereocenters. The van der Waals surface area contributed by atoms with E-state index in [9.17, 15) is 8.42 Å². The topological polar surface area (TPSA) is 138 Å². The number of nitrogens with one attached hydrogen (secondary N) is 2. The van der Waals surface area contributed by atoms with Crippen molar-refractivity contribution in [3.8, 4) is 0 Å². The summed E-state index contributed by atoms with van der Waals surface area (Å²) in [5.74, 6) is 0. The Morgan fingerprint density at radius 3 is 1.77 bits per heavy atom. The van der Waals surface area contributed by atoms with E-state index in [1.807, 2.05) is 9.44 Å². The Kier molecular flexibility index (Phi) is 3.30. The van der Waals surface area contributed by atoms with Crippen molar-refractivity contribution >= 4 is 34.6 Å². The molecule has 0 aliphatic rings. The van der Waals surface area contributed by atoms with Gasteiger partial charge in [0.15, 0.2) is 0 Å². The highest BCUT2D eigenvalue weighted by atomic mass is 32.2. The first-order valence-corrected chi connectivity index (χ1v) is 4.88. The molecular weight excluding hydrogens is 224 g/mol. The van der Waals surface area contributed by atoms with Crippen LogP contribution in [0.25, 0.3) is 0 Å². The van der Waals surface area contributed by atoms with Gasteiger partial charge >= 0.3 is 12.0 Å². The molecule has 1 aromatic rings. The van der Waals surface area contributed by atoms with E-state index in [2.05, 4.69) is 14.6 Å². The van der Waals surface area contributed by atoms with Gasteiger partial charge in [-0.3, -0.25) is 9.11 Å². The lowest BCUT2D eigenvalue weighted by molar-refractivity contribution is 0.555. The summed E-state index contributed by atoms with van der Waals surface area (Å²) in [6.07, 6.45) is 0. The van der Waals surface area contributed by atoms with Crippen LogP contribution in [0.1, 0.15) is 0 Å². The van der Waals surface area contributed by atoms with Crippen molar-refractivity contribution in [2.75, 3.05) is 9.44 Å². The first kappa shape index (κ1) is 10.0. The number of hydrogen-bond acceptors (Lipinski definition) is 5. The van der Waals surface area contributed by atoms with E-state index >= 15 is 0 Å². The Morgan fingerprint density at radius 1 is 1.08 bits per heavy atom. The van der Waals surface area contributed by atoms with Gasteiger partial charge in [-0.25, -0.2) is 17.9 Å². The monoisotopic (exact) mass is 228 g/mol. The Labute approximate surface area is 76.8 Å². The molecule has 0 spiro atoms. The van der Waals surface area contributed by atoms with Crippen molar-refractivity contribution in [3.63, 3.8) is 0 Å². The number of hydrogen-bond donors (Lipinski definition) is 4. The van der Waals surface area contributed by atoms with Crippen LogP contribution in [0.5, 0.6) is 0 Å². The molecule has 0 aliphatic heterocycles. The molecule has 2 atom stereocenters. The van der Waals surface area contributed by atoms with E-state index in [4.69, 9.17) is 9.11 Å². The molecule has 0 fully saturated rings. The fraction of sp³-hybridized carbons (Fsp3) is 0. The van der Waals surface area contributed by atoms with Gasteiger partial charge in [-0.2, -0.15) is 0 Å². The van der Waals surface area contributed by atoms with Crippen LogP contribution in [0.15, 0.2) is 4.42 Å². The summed E-state index contributed by atoms with van der Waals surface area (Å²) >= 11 is -4.66. The zero-order valence-corrected chi connectivity index (χ0v) is 7.46. The van der Waals surface area contributed by atoms with Gasteiger partial charge < -0.3 is 4.42 Å². The van der Waals surface area contributed by atoms with Crippen LogP contribution in [0, 0.1) is 0 Å². The number of nitrogens with zero attached hydrogens (tertiary/aromatic N) is 2. The molecule has 1 aromatic heterocycles. The minimum atomic E-state index is -2.33. The second-order valence-corrected chi connectivity index (χ2v) is 3.02. The normalized spacial score (nSPS) is 14.9. The first-order chi connectivity index (χ1) is 6.08. The van der Waals surface area contributed by atoms with E-state index < -0.39 is 22.5 Å². The number of anilines is 2. The van der Waals surface area contributed by atoms with E-state index in [1.54, 1.807) is 0 Å². The SMILES string of the molecule is O=S(O)Nc1nnc(NS(=O)O)o1. The minimum Gasteiger partial charge on any atom is -0.388 e. The summed E-state index contributed by atoms with van der Waals surface area (Å²) < 4.78 is 45.2. The lowest BCUT2D eigenvalue weighted by atomic mass is 11.2. The fourth-order valence-electron chi connectivity index (χ4n) is 0.455. The predicted molar refractivity (Wildman–Crippen MR) is 43.1 cm³/mol. The van der Waals surface area contributed by atoms with Crippen molar-refractivity contribution < 1.29 is 21.9 Å². The van der Waals surface area contributed by atoms with Crippen LogP contribution in [0.3, 0.4) is 0 Å². The molecule has 0 aromatic carbocycles. The predicted octanol–water partition coefficient (Wildman–Crippen LogP) is -0.833. The Balaban J connectivity index is 2.63. The van der Waals surface area contributed by atoms with Gasteiger partial charge in [0.1, 0.15) is 0 Å². The quantitative estimate of drug-likeness (QED) is 0.493. The van der Waals surface area contributed by atoms with Gasteiger partial charge in [0.25, 0.3) is 22.5 Å². The number of aromatic nitrogens is 2. The van der Waals surface area contributed by atoms with E-state index in [1.165, 1.54) is 0 Å². The Hall–Kier alpha value is -1.04. The molecule has 0 radical (unpaired) electrons. The molecular formula is C2H4N4O5S2. The third-order valence-electron chi connectivity index (χ3n) is 0.774. The van der Waals surface area contributed by atoms with Gasteiger partial charge in [-0.15, -0.1) is 0 Å². The maximum Gasteiger partial charge on any atom is 0.330 e. The highest BCUT2D eigenvalue weighted by molar-refractivity contribution is 7.80. The van der Waals surface area contributed by atoms with Gasteiger partial charge in [0.2, 0.25) is 0 Å². The third kappa shape index (κ3) is 3.45.